The number of carbonyl (C=O) groups is 1. The van der Waals surface area contributed by atoms with Crippen molar-refractivity contribution in [3.63, 3.8) is 0 Å². The van der Waals surface area contributed by atoms with Crippen LogP contribution in [0.2, 0.25) is 0 Å². The number of nitrogens with zero attached hydrogens (tertiary/aromatic N) is 1. The fourth-order valence-corrected chi connectivity index (χ4v) is 3.94. The van der Waals surface area contributed by atoms with E-state index in [1.165, 1.54) is 61.9 Å². The van der Waals surface area contributed by atoms with Crippen molar-refractivity contribution in [3.8, 4) is 5.75 Å². The number of benzene rings is 1. The summed E-state index contributed by atoms with van der Waals surface area (Å²) in [4.78, 5) is 15.9. The maximum absolute atomic E-state index is 11.9. The molecule has 0 saturated heterocycles. The zero-order valence-corrected chi connectivity index (χ0v) is 17.2. The van der Waals surface area contributed by atoms with Crippen LogP contribution in [0.15, 0.2) is 35.8 Å². The molecule has 1 heterocycles. The first-order chi connectivity index (χ1) is 13.7. The first-order valence-electron chi connectivity index (χ1n) is 9.49. The molecule has 1 aromatic carbocycles. The average molecular weight is 420 g/mol. The molecule has 1 amide bonds. The van der Waals surface area contributed by atoms with Crippen molar-refractivity contribution >= 4 is 40.1 Å². The van der Waals surface area contributed by atoms with Crippen LogP contribution in [0.3, 0.4) is 0 Å². The van der Waals surface area contributed by atoms with Crippen LogP contribution in [0.25, 0.3) is 0 Å². The molecule has 3 N–H and O–H groups in total. The second-order valence-corrected chi connectivity index (χ2v) is 8.82. The highest BCUT2D eigenvalue weighted by Crippen LogP contribution is 2.35. The Morgan fingerprint density at radius 3 is 2.50 bits per heavy atom. The Hall–Kier alpha value is -1.90. The molecule has 2 aliphatic rings. The highest BCUT2D eigenvalue weighted by atomic mass is 32.2. The zero-order valence-electron chi connectivity index (χ0n) is 15.6. The van der Waals surface area contributed by atoms with Gasteiger partial charge in [0.05, 0.1) is 12.0 Å². The third-order valence-electron chi connectivity index (χ3n) is 4.56. The lowest BCUT2D eigenvalue weighted by atomic mass is 10.1. The molecule has 8 heteroatoms. The minimum absolute atomic E-state index is 0.0911. The molecule has 0 atom stereocenters. The molecule has 2 aromatic rings. The van der Waals surface area contributed by atoms with E-state index in [9.17, 15) is 4.79 Å². The number of carbonyl (C=O) groups excluding carboxylic acids is 1. The third-order valence-corrected chi connectivity index (χ3v) is 6.28. The van der Waals surface area contributed by atoms with E-state index in [4.69, 9.17) is 14.7 Å². The summed E-state index contributed by atoms with van der Waals surface area (Å²) < 4.78 is 5.55. The summed E-state index contributed by atoms with van der Waals surface area (Å²) in [6.07, 6.45) is 9.23. The summed E-state index contributed by atoms with van der Waals surface area (Å²) in [6, 6.07) is 6.98. The highest BCUT2D eigenvalue weighted by Gasteiger charge is 2.24. The lowest BCUT2D eigenvalue weighted by Crippen LogP contribution is -2.22. The molecule has 150 valence electrons. The number of hydrogen-bond acceptors (Lipinski definition) is 7. The van der Waals surface area contributed by atoms with E-state index >= 15 is 0 Å². The molecule has 6 nitrogen and oxygen atoms in total. The van der Waals surface area contributed by atoms with E-state index in [2.05, 4.69) is 10.3 Å². The molecule has 0 spiro atoms. The van der Waals surface area contributed by atoms with Crippen molar-refractivity contribution in [2.45, 2.75) is 43.8 Å². The molecule has 0 bridgehead atoms. The lowest BCUT2D eigenvalue weighted by Gasteiger charge is -2.06. The first-order valence-corrected chi connectivity index (χ1v) is 11.2. The summed E-state index contributed by atoms with van der Waals surface area (Å²) in [6.45, 7) is 0.417. The number of aliphatic hydroxyl groups excluding tert-OH is 1. The Labute approximate surface area is 173 Å². The Balaban J connectivity index is 0.000000271. The Kier molecular flexibility index (Phi) is 7.88. The quantitative estimate of drug-likeness (QED) is 0.453. The monoisotopic (exact) mass is 419 g/mol. The van der Waals surface area contributed by atoms with Gasteiger partial charge in [0, 0.05) is 29.0 Å². The molecular weight excluding hydrogens is 394 g/mol. The highest BCUT2D eigenvalue weighted by molar-refractivity contribution is 7.95. The predicted octanol–water partition coefficient (Wildman–Crippen LogP) is 4.51. The number of nitrogens with one attached hydrogen (secondary N) is 2. The second kappa shape index (κ2) is 10.6. The van der Waals surface area contributed by atoms with Gasteiger partial charge in [-0.05, 0) is 55.9 Å². The van der Waals surface area contributed by atoms with E-state index in [1.54, 1.807) is 35.8 Å². The Morgan fingerprint density at radius 2 is 1.96 bits per heavy atom. The van der Waals surface area contributed by atoms with Crippen LogP contribution >= 0.6 is 23.4 Å². The van der Waals surface area contributed by atoms with Crippen molar-refractivity contribution in [1.29, 1.82) is 5.41 Å². The minimum atomic E-state index is -0.467. The van der Waals surface area contributed by atoms with Crippen molar-refractivity contribution in [3.05, 3.63) is 41.4 Å². The smallest absolute Gasteiger partial charge is 0.275 e. The van der Waals surface area contributed by atoms with Gasteiger partial charge in [-0.3, -0.25) is 15.5 Å². The van der Waals surface area contributed by atoms with Crippen LogP contribution in [-0.4, -0.2) is 33.6 Å². The van der Waals surface area contributed by atoms with Gasteiger partial charge >= 0.3 is 0 Å². The molecule has 2 fully saturated rings. The van der Waals surface area contributed by atoms with Gasteiger partial charge < -0.3 is 9.29 Å². The molecule has 0 aliphatic heterocycles. The standard InChI is InChI=1S/C14H13N3O2S2.C6H12O/c15-12(13(18)17-14-16-7-8-20-14)9-1-3-10(4-2-9)19-21-11-5-6-11;7-5-6-3-1-2-4-6/h1-4,7-8,11,15H,5-6H2,(H,16,17,18);6-7H,1-5H2. The van der Waals surface area contributed by atoms with Crippen molar-refractivity contribution < 1.29 is 14.1 Å². The average Bonchev–Trinajstić information content (AvgIpc) is 3.17. The fraction of sp³-hybridized carbons (Fsp3) is 0.450. The van der Waals surface area contributed by atoms with Crippen LogP contribution in [0.4, 0.5) is 5.13 Å². The zero-order chi connectivity index (χ0) is 19.8. The number of rotatable bonds is 7. The summed E-state index contributed by atoms with van der Waals surface area (Å²) >= 11 is 2.80. The predicted molar refractivity (Wildman–Crippen MR) is 114 cm³/mol. The Morgan fingerprint density at radius 1 is 1.25 bits per heavy atom. The van der Waals surface area contributed by atoms with Crippen molar-refractivity contribution in [2.75, 3.05) is 11.9 Å². The van der Waals surface area contributed by atoms with Crippen LogP contribution in [0.5, 0.6) is 5.75 Å². The van der Waals surface area contributed by atoms with Crippen LogP contribution in [-0.2, 0) is 4.79 Å². The maximum Gasteiger partial charge on any atom is 0.275 e. The van der Waals surface area contributed by atoms with E-state index in [1.807, 2.05) is 0 Å². The van der Waals surface area contributed by atoms with Gasteiger partial charge in [0.25, 0.3) is 5.91 Å². The molecule has 2 aliphatic carbocycles. The second-order valence-electron chi connectivity index (χ2n) is 6.90. The minimum Gasteiger partial charge on any atom is -0.426 e. The van der Waals surface area contributed by atoms with Gasteiger partial charge in [-0.1, -0.05) is 12.8 Å². The number of thiazole rings is 1. The molecule has 28 heavy (non-hydrogen) atoms. The third kappa shape index (κ3) is 6.61. The number of anilines is 1. The summed E-state index contributed by atoms with van der Waals surface area (Å²) in [5.41, 5.74) is 0.458. The van der Waals surface area contributed by atoms with Gasteiger partial charge in [-0.2, -0.15) is 0 Å². The molecule has 4 rings (SSSR count). The Bertz CT molecular complexity index is 756. The van der Waals surface area contributed by atoms with E-state index in [0.717, 1.165) is 5.75 Å². The molecule has 2 saturated carbocycles. The largest absolute Gasteiger partial charge is 0.426 e. The number of aromatic nitrogens is 1. The summed E-state index contributed by atoms with van der Waals surface area (Å²) in [5, 5.41) is 21.9. The van der Waals surface area contributed by atoms with Gasteiger partial charge in [0.15, 0.2) is 5.13 Å². The number of amides is 1. The normalized spacial score (nSPS) is 16.2. The SMILES string of the molecule is N=C(C(=O)Nc1nccs1)c1ccc(OSC2CC2)cc1.OCC1CCCC1. The van der Waals surface area contributed by atoms with E-state index < -0.39 is 5.91 Å². The molecule has 0 radical (unpaired) electrons. The van der Waals surface area contributed by atoms with Crippen molar-refractivity contribution in [2.24, 2.45) is 5.92 Å². The molecule has 0 unspecified atom stereocenters. The van der Waals surface area contributed by atoms with Gasteiger partial charge in [-0.25, -0.2) is 4.98 Å². The number of aliphatic hydroxyl groups is 1. The summed E-state index contributed by atoms with van der Waals surface area (Å²) in [5.74, 6) is 0.926. The van der Waals surface area contributed by atoms with Gasteiger partial charge in [0.1, 0.15) is 11.5 Å². The van der Waals surface area contributed by atoms with Crippen LogP contribution < -0.4 is 9.50 Å². The first kappa shape index (κ1) is 20.8. The van der Waals surface area contributed by atoms with Gasteiger partial charge in [-0.15, -0.1) is 11.3 Å². The van der Waals surface area contributed by atoms with E-state index in [0.29, 0.717) is 28.5 Å². The lowest BCUT2D eigenvalue weighted by molar-refractivity contribution is -0.110. The molecule has 1 aromatic heterocycles. The molecular formula is C20H25N3O3S2. The van der Waals surface area contributed by atoms with Gasteiger partial charge in [0.2, 0.25) is 0 Å². The maximum atomic E-state index is 11.9. The van der Waals surface area contributed by atoms with Crippen LogP contribution in [0, 0.1) is 11.3 Å². The summed E-state index contributed by atoms with van der Waals surface area (Å²) in [7, 11) is 0. The fourth-order valence-electron chi connectivity index (χ4n) is 2.73. The van der Waals surface area contributed by atoms with Crippen molar-refractivity contribution in [1.82, 2.24) is 4.98 Å². The topological polar surface area (TPSA) is 95.3 Å². The van der Waals surface area contributed by atoms with E-state index in [-0.39, 0.29) is 5.71 Å². The van der Waals surface area contributed by atoms with Crippen LogP contribution in [0.1, 0.15) is 44.1 Å². The number of hydrogen-bond donors (Lipinski definition) is 3.